The van der Waals surface area contributed by atoms with Gasteiger partial charge in [-0.25, -0.2) is 0 Å². The van der Waals surface area contributed by atoms with E-state index in [2.05, 4.69) is 14.2 Å². The van der Waals surface area contributed by atoms with Crippen molar-refractivity contribution in [3.8, 4) is 0 Å². The van der Waals surface area contributed by atoms with Crippen molar-refractivity contribution in [2.45, 2.75) is 13.8 Å². The molecule has 0 aromatic carbocycles. The van der Waals surface area contributed by atoms with E-state index in [9.17, 15) is 0 Å². The van der Waals surface area contributed by atoms with Gasteiger partial charge in [0.05, 0.1) is 0 Å². The van der Waals surface area contributed by atoms with Crippen LogP contribution in [0.3, 0.4) is 0 Å². The predicted octanol–water partition coefficient (Wildman–Crippen LogP) is 1.81. The summed E-state index contributed by atoms with van der Waals surface area (Å²) in [5.74, 6) is 0. The summed E-state index contributed by atoms with van der Waals surface area (Å²) >= 11 is 0. The maximum atomic E-state index is 3.86. The standard InChI is InChI=1S/C5H6NP.C3H7.W/c7-5-2-1-3-6-4-5;1-3-2;/h1-4H,7H2;3H,1-2H3;/q;-1;. The van der Waals surface area contributed by atoms with Crippen molar-refractivity contribution in [1.29, 1.82) is 0 Å². The molecule has 0 bridgehead atoms. The van der Waals surface area contributed by atoms with E-state index in [0.29, 0.717) is 0 Å². The Morgan fingerprint density at radius 2 is 2.00 bits per heavy atom. The van der Waals surface area contributed by atoms with E-state index in [0.717, 1.165) is 5.30 Å². The number of pyridine rings is 1. The van der Waals surface area contributed by atoms with Crippen LogP contribution in [-0.4, -0.2) is 4.98 Å². The summed E-state index contributed by atoms with van der Waals surface area (Å²) in [6.07, 6.45) is 5.55. The Kier molecular flexibility index (Phi) is 12.9. The first kappa shape index (κ1) is 13.8. The molecule has 62 valence electrons. The van der Waals surface area contributed by atoms with Crippen molar-refractivity contribution in [3.05, 3.63) is 30.9 Å². The molecule has 0 saturated carbocycles. The van der Waals surface area contributed by atoms with Crippen molar-refractivity contribution >= 4 is 14.5 Å². The summed E-state index contributed by atoms with van der Waals surface area (Å²) in [7, 11) is 2.57. The van der Waals surface area contributed by atoms with Crippen LogP contribution in [0.2, 0.25) is 0 Å². The van der Waals surface area contributed by atoms with Crippen molar-refractivity contribution in [3.63, 3.8) is 0 Å². The van der Waals surface area contributed by atoms with Gasteiger partial charge in [-0.2, -0.15) is 13.8 Å². The van der Waals surface area contributed by atoms with Gasteiger partial charge in [0.2, 0.25) is 0 Å². The summed E-state index contributed by atoms with van der Waals surface area (Å²) in [6, 6.07) is 3.89. The topological polar surface area (TPSA) is 12.9 Å². The molecule has 0 amide bonds. The molecule has 0 N–H and O–H groups in total. The van der Waals surface area contributed by atoms with E-state index < -0.39 is 0 Å². The summed E-state index contributed by atoms with van der Waals surface area (Å²) in [6.45, 7) is 4.00. The molecular formula is C8H13NPW-. The van der Waals surface area contributed by atoms with Crippen molar-refractivity contribution in [2.75, 3.05) is 0 Å². The van der Waals surface area contributed by atoms with E-state index >= 15 is 0 Å². The number of hydrogen-bond donors (Lipinski definition) is 0. The molecule has 0 spiro atoms. The maximum absolute atomic E-state index is 3.86. The molecule has 0 saturated heterocycles. The molecule has 1 nitrogen and oxygen atoms in total. The van der Waals surface area contributed by atoms with Gasteiger partial charge < -0.3 is 6.42 Å². The molecule has 3 heteroatoms. The zero-order valence-corrected chi connectivity index (χ0v) is 10.9. The van der Waals surface area contributed by atoms with Gasteiger partial charge in [0.15, 0.2) is 0 Å². The second-order valence-corrected chi connectivity index (χ2v) is 2.53. The summed E-state index contributed by atoms with van der Waals surface area (Å²) in [5, 5.41) is 1.13. The minimum absolute atomic E-state index is 0. The Morgan fingerprint density at radius 3 is 2.18 bits per heavy atom. The third kappa shape index (κ3) is 10.3. The quantitative estimate of drug-likeness (QED) is 0.520. The second kappa shape index (κ2) is 10.3. The van der Waals surface area contributed by atoms with Crippen LogP contribution in [0.25, 0.3) is 0 Å². The average molecular weight is 338 g/mol. The van der Waals surface area contributed by atoms with E-state index in [1.165, 1.54) is 0 Å². The molecule has 0 radical (unpaired) electrons. The molecule has 1 aromatic rings. The number of hydrogen-bond acceptors (Lipinski definition) is 1. The van der Waals surface area contributed by atoms with Gasteiger partial charge in [0, 0.05) is 33.5 Å². The first-order valence-corrected chi connectivity index (χ1v) is 3.78. The number of aromatic nitrogens is 1. The van der Waals surface area contributed by atoms with Crippen LogP contribution in [0.15, 0.2) is 24.5 Å². The summed E-state index contributed by atoms with van der Waals surface area (Å²) in [5.41, 5.74) is 0. The Labute approximate surface area is 85.5 Å². The smallest absolute Gasteiger partial charge is 0.0339 e. The molecule has 0 aliphatic rings. The minimum Gasteiger partial charge on any atom is -0.335 e. The number of rotatable bonds is 0. The Bertz CT molecular complexity index is 155. The first-order valence-electron chi connectivity index (χ1n) is 3.20. The van der Waals surface area contributed by atoms with Gasteiger partial charge in [-0.1, -0.05) is 6.07 Å². The van der Waals surface area contributed by atoms with E-state index in [1.54, 1.807) is 12.4 Å². The minimum atomic E-state index is 0. The summed E-state index contributed by atoms with van der Waals surface area (Å²) in [4.78, 5) is 3.86. The first-order chi connectivity index (χ1) is 4.81. The summed E-state index contributed by atoms with van der Waals surface area (Å²) < 4.78 is 0. The van der Waals surface area contributed by atoms with Gasteiger partial charge in [0.25, 0.3) is 0 Å². The van der Waals surface area contributed by atoms with Crippen LogP contribution in [-0.2, 0) is 21.1 Å². The van der Waals surface area contributed by atoms with Crippen LogP contribution in [0, 0.1) is 6.42 Å². The van der Waals surface area contributed by atoms with Gasteiger partial charge >= 0.3 is 0 Å². The van der Waals surface area contributed by atoms with Crippen LogP contribution in [0.5, 0.6) is 0 Å². The van der Waals surface area contributed by atoms with Crippen LogP contribution < -0.4 is 5.30 Å². The molecule has 1 aromatic heterocycles. The van der Waals surface area contributed by atoms with Crippen LogP contribution in [0.1, 0.15) is 13.8 Å². The molecule has 11 heavy (non-hydrogen) atoms. The predicted molar refractivity (Wildman–Crippen MR) is 49.2 cm³/mol. The third-order valence-electron chi connectivity index (χ3n) is 0.684. The number of nitrogens with zero attached hydrogens (tertiary/aromatic N) is 1. The fourth-order valence-corrected chi connectivity index (χ4v) is 0.573. The molecule has 1 heterocycles. The van der Waals surface area contributed by atoms with Gasteiger partial charge in [-0.05, 0) is 11.4 Å². The molecule has 1 rings (SSSR count). The Balaban J connectivity index is 0. The normalized spacial score (nSPS) is 7.18. The van der Waals surface area contributed by atoms with Crippen LogP contribution >= 0.6 is 9.24 Å². The zero-order valence-electron chi connectivity index (χ0n) is 6.82. The van der Waals surface area contributed by atoms with Gasteiger partial charge in [-0.15, -0.1) is 9.24 Å². The Morgan fingerprint density at radius 1 is 1.45 bits per heavy atom. The van der Waals surface area contributed by atoms with E-state index in [4.69, 9.17) is 0 Å². The SMILES string of the molecule is C[CH-]C.Pc1cccnc1.[W]. The molecule has 1 atom stereocenters. The Hall–Kier alpha value is 0.268. The van der Waals surface area contributed by atoms with Gasteiger partial charge in [-0.3, -0.25) is 4.98 Å². The molecule has 1 unspecified atom stereocenters. The molecule has 0 fully saturated rings. The van der Waals surface area contributed by atoms with Gasteiger partial charge in [0.1, 0.15) is 0 Å². The average Bonchev–Trinajstić information content (AvgIpc) is 1.91. The zero-order chi connectivity index (χ0) is 7.82. The third-order valence-corrected chi connectivity index (χ3v) is 1.03. The fraction of sp³-hybridized carbons (Fsp3) is 0.250. The molecular weight excluding hydrogens is 325 g/mol. The van der Waals surface area contributed by atoms with Crippen molar-refractivity contribution in [1.82, 2.24) is 4.98 Å². The molecule has 0 aliphatic heterocycles. The largest absolute Gasteiger partial charge is 0.335 e. The van der Waals surface area contributed by atoms with Crippen molar-refractivity contribution in [2.24, 2.45) is 0 Å². The van der Waals surface area contributed by atoms with Crippen molar-refractivity contribution < 1.29 is 21.1 Å². The molecule has 0 aliphatic carbocycles. The van der Waals surface area contributed by atoms with E-state index in [-0.39, 0.29) is 21.1 Å². The second-order valence-electron chi connectivity index (χ2n) is 1.86. The maximum Gasteiger partial charge on any atom is 0.0339 e. The van der Waals surface area contributed by atoms with Crippen LogP contribution in [0.4, 0.5) is 0 Å². The van der Waals surface area contributed by atoms with E-state index in [1.807, 2.05) is 32.4 Å². The monoisotopic (exact) mass is 338 g/mol. The fourth-order valence-electron chi connectivity index (χ4n) is 0.376.